The Morgan fingerprint density at radius 2 is 2.00 bits per heavy atom. The molecule has 0 bridgehead atoms. The molecule has 2 aliphatic rings. The van der Waals surface area contributed by atoms with Crippen LogP contribution in [0.25, 0.3) is 0 Å². The summed E-state index contributed by atoms with van der Waals surface area (Å²) in [5.74, 6) is 1.10. The zero-order valence-electron chi connectivity index (χ0n) is 11.8. The molecule has 2 aliphatic heterocycles. The van der Waals surface area contributed by atoms with Crippen molar-refractivity contribution in [2.75, 3.05) is 26.3 Å². The van der Waals surface area contributed by atoms with Gasteiger partial charge in [0.15, 0.2) is 11.5 Å². The van der Waals surface area contributed by atoms with Crippen molar-refractivity contribution in [3.8, 4) is 11.5 Å². The summed E-state index contributed by atoms with van der Waals surface area (Å²) in [6.07, 6.45) is 2.89. The second kappa shape index (κ2) is 6.21. The van der Waals surface area contributed by atoms with Crippen LogP contribution in [0.5, 0.6) is 11.5 Å². The summed E-state index contributed by atoms with van der Waals surface area (Å²) in [6.45, 7) is 2.49. The molecule has 6 nitrogen and oxygen atoms in total. The fourth-order valence-corrected chi connectivity index (χ4v) is 3.63. The van der Waals surface area contributed by atoms with Gasteiger partial charge in [-0.05, 0) is 31.5 Å². The van der Waals surface area contributed by atoms with Crippen molar-refractivity contribution in [3.05, 3.63) is 18.2 Å². The van der Waals surface area contributed by atoms with Crippen molar-refractivity contribution < 1.29 is 17.9 Å². The highest BCUT2D eigenvalue weighted by atomic mass is 32.2. The van der Waals surface area contributed by atoms with Crippen LogP contribution in [0, 0.1) is 0 Å². The van der Waals surface area contributed by atoms with E-state index >= 15 is 0 Å². The van der Waals surface area contributed by atoms with Crippen LogP contribution in [-0.4, -0.2) is 40.8 Å². The molecule has 7 heteroatoms. The van der Waals surface area contributed by atoms with E-state index in [1.54, 1.807) is 12.1 Å². The summed E-state index contributed by atoms with van der Waals surface area (Å²) in [6, 6.07) is 4.96. The lowest BCUT2D eigenvalue weighted by atomic mass is 10.2. The first kappa shape index (κ1) is 14.6. The van der Waals surface area contributed by atoms with Gasteiger partial charge < -0.3 is 14.8 Å². The van der Waals surface area contributed by atoms with Gasteiger partial charge in [-0.3, -0.25) is 0 Å². The minimum absolute atomic E-state index is 0.213. The van der Waals surface area contributed by atoms with E-state index in [4.69, 9.17) is 9.47 Å². The van der Waals surface area contributed by atoms with Crippen molar-refractivity contribution in [3.63, 3.8) is 0 Å². The van der Waals surface area contributed by atoms with Gasteiger partial charge in [0.1, 0.15) is 0 Å². The maximum absolute atomic E-state index is 12.3. The summed E-state index contributed by atoms with van der Waals surface area (Å²) in [7, 11) is -3.52. The molecule has 1 unspecified atom stereocenters. The molecule has 0 aliphatic carbocycles. The molecule has 1 aromatic carbocycles. The maximum atomic E-state index is 12.3. The van der Waals surface area contributed by atoms with Crippen molar-refractivity contribution in [1.82, 2.24) is 10.0 Å². The number of nitrogens with one attached hydrogen (secondary N) is 2. The zero-order chi connectivity index (χ0) is 14.7. The van der Waals surface area contributed by atoms with E-state index in [0.717, 1.165) is 25.8 Å². The molecule has 116 valence electrons. The summed E-state index contributed by atoms with van der Waals surface area (Å²) in [5, 5.41) is 3.27. The monoisotopic (exact) mass is 312 g/mol. The number of sulfonamides is 1. The smallest absolute Gasteiger partial charge is 0.240 e. The lowest BCUT2D eigenvalue weighted by molar-refractivity contribution is 0.297. The second-order valence-electron chi connectivity index (χ2n) is 5.30. The van der Waals surface area contributed by atoms with Gasteiger partial charge in [-0.25, -0.2) is 13.1 Å². The third-order valence-electron chi connectivity index (χ3n) is 3.71. The topological polar surface area (TPSA) is 76.7 Å². The van der Waals surface area contributed by atoms with Gasteiger partial charge in [-0.15, -0.1) is 0 Å². The average molecular weight is 312 g/mol. The van der Waals surface area contributed by atoms with E-state index in [9.17, 15) is 8.42 Å². The lowest BCUT2D eigenvalue weighted by Gasteiger charge is -2.13. The van der Waals surface area contributed by atoms with Crippen molar-refractivity contribution in [2.45, 2.75) is 30.2 Å². The molecule has 2 N–H and O–H groups in total. The highest BCUT2D eigenvalue weighted by molar-refractivity contribution is 7.89. The Morgan fingerprint density at radius 1 is 1.19 bits per heavy atom. The van der Waals surface area contributed by atoms with Gasteiger partial charge in [0, 0.05) is 25.1 Å². The normalized spacial score (nSPS) is 22.0. The lowest BCUT2D eigenvalue weighted by Crippen LogP contribution is -2.37. The van der Waals surface area contributed by atoms with Gasteiger partial charge in [0.25, 0.3) is 0 Å². The highest BCUT2D eigenvalue weighted by Crippen LogP contribution is 2.31. The van der Waals surface area contributed by atoms with Crippen molar-refractivity contribution in [2.24, 2.45) is 0 Å². The molecule has 2 heterocycles. The molecule has 0 aromatic heterocycles. The molecule has 1 aromatic rings. The first-order valence-corrected chi connectivity index (χ1v) is 8.76. The van der Waals surface area contributed by atoms with Crippen LogP contribution in [-0.2, 0) is 10.0 Å². The summed E-state index contributed by atoms with van der Waals surface area (Å²) < 4.78 is 38.3. The molecule has 1 fully saturated rings. The first-order chi connectivity index (χ1) is 10.1. The predicted octanol–water partition coefficient (Wildman–Crippen LogP) is 0.878. The van der Waals surface area contributed by atoms with Gasteiger partial charge in [-0.2, -0.15) is 0 Å². The Hall–Kier alpha value is -1.31. The largest absolute Gasteiger partial charge is 0.490 e. The van der Waals surface area contributed by atoms with E-state index in [-0.39, 0.29) is 10.9 Å². The summed E-state index contributed by atoms with van der Waals surface area (Å²) in [4.78, 5) is 0.213. The third kappa shape index (κ3) is 3.48. The molecule has 1 saturated heterocycles. The molecule has 21 heavy (non-hydrogen) atoms. The Balaban J connectivity index is 1.73. The SMILES string of the molecule is O=S(=O)(NCC1CCCN1)c1ccc2c(c1)OCCCO2. The Bertz CT molecular complexity index is 597. The number of rotatable bonds is 4. The number of benzene rings is 1. The van der Waals surface area contributed by atoms with E-state index in [0.29, 0.717) is 31.3 Å². The van der Waals surface area contributed by atoms with Crippen LogP contribution >= 0.6 is 0 Å². The minimum atomic E-state index is -3.52. The van der Waals surface area contributed by atoms with Crippen LogP contribution in [0.2, 0.25) is 0 Å². The number of fused-ring (bicyclic) bond motifs is 1. The Labute approximate surface area is 124 Å². The van der Waals surface area contributed by atoms with Gasteiger partial charge in [-0.1, -0.05) is 0 Å². The highest BCUT2D eigenvalue weighted by Gasteiger charge is 2.21. The third-order valence-corrected chi connectivity index (χ3v) is 5.13. The Morgan fingerprint density at radius 3 is 2.76 bits per heavy atom. The summed E-state index contributed by atoms with van der Waals surface area (Å²) >= 11 is 0. The molecule has 3 rings (SSSR count). The van der Waals surface area contributed by atoms with Crippen molar-refractivity contribution >= 4 is 10.0 Å². The first-order valence-electron chi connectivity index (χ1n) is 7.28. The minimum Gasteiger partial charge on any atom is -0.490 e. The van der Waals surface area contributed by atoms with E-state index < -0.39 is 10.0 Å². The van der Waals surface area contributed by atoms with Crippen LogP contribution < -0.4 is 19.5 Å². The fourth-order valence-electron chi connectivity index (χ4n) is 2.54. The van der Waals surface area contributed by atoms with E-state index in [1.807, 2.05) is 0 Å². The molecular weight excluding hydrogens is 292 g/mol. The standard InChI is InChI=1S/C14H20N2O4S/c17-21(18,16-10-11-3-1-6-15-11)12-4-5-13-14(9-12)20-8-2-7-19-13/h4-5,9,11,15-16H,1-3,6-8,10H2. The van der Waals surface area contributed by atoms with Gasteiger partial charge in [0.05, 0.1) is 18.1 Å². The molecule has 1 atom stereocenters. The number of ether oxygens (including phenoxy) is 2. The molecule has 0 radical (unpaired) electrons. The quantitative estimate of drug-likeness (QED) is 0.863. The van der Waals surface area contributed by atoms with Crippen LogP contribution in [0.4, 0.5) is 0 Å². The van der Waals surface area contributed by atoms with E-state index in [1.165, 1.54) is 6.07 Å². The van der Waals surface area contributed by atoms with Crippen molar-refractivity contribution in [1.29, 1.82) is 0 Å². The zero-order valence-corrected chi connectivity index (χ0v) is 12.6. The average Bonchev–Trinajstić information content (AvgIpc) is 2.89. The van der Waals surface area contributed by atoms with Crippen LogP contribution in [0.3, 0.4) is 0 Å². The second-order valence-corrected chi connectivity index (χ2v) is 7.07. The van der Waals surface area contributed by atoms with Gasteiger partial charge in [0.2, 0.25) is 10.0 Å². The molecule has 0 amide bonds. The molecule has 0 spiro atoms. The predicted molar refractivity (Wildman–Crippen MR) is 78.3 cm³/mol. The molecule has 0 saturated carbocycles. The van der Waals surface area contributed by atoms with Gasteiger partial charge >= 0.3 is 0 Å². The number of hydrogen-bond acceptors (Lipinski definition) is 5. The van der Waals surface area contributed by atoms with Crippen LogP contribution in [0.15, 0.2) is 23.1 Å². The fraction of sp³-hybridized carbons (Fsp3) is 0.571. The molecular formula is C14H20N2O4S. The van der Waals surface area contributed by atoms with E-state index in [2.05, 4.69) is 10.0 Å². The Kier molecular flexibility index (Phi) is 4.32. The summed E-state index contributed by atoms with van der Waals surface area (Å²) in [5.41, 5.74) is 0. The number of hydrogen-bond donors (Lipinski definition) is 2. The maximum Gasteiger partial charge on any atom is 0.240 e. The van der Waals surface area contributed by atoms with Crippen LogP contribution in [0.1, 0.15) is 19.3 Å².